The molecule has 0 aliphatic carbocycles. The minimum absolute atomic E-state index is 0.0398. The van der Waals surface area contributed by atoms with E-state index in [1.165, 1.54) is 77.4 Å². The molecule has 0 radical (unpaired) electrons. The second kappa shape index (κ2) is 17.0. The lowest BCUT2D eigenvalue weighted by Gasteiger charge is -2.26. The van der Waals surface area contributed by atoms with Gasteiger partial charge in [0.15, 0.2) is 9.76 Å². The first-order valence-electron chi connectivity index (χ1n) is 11.7. The van der Waals surface area contributed by atoms with E-state index in [1.54, 1.807) is 0 Å². The zero-order valence-corrected chi connectivity index (χ0v) is 21.2. The normalized spacial score (nSPS) is 13.1. The van der Waals surface area contributed by atoms with Crippen LogP contribution >= 0.6 is 0 Å². The number of nitrogens with zero attached hydrogens (tertiary/aromatic N) is 2. The SMILES string of the molecule is CCCN(CC)CCCN(CCCNC(CC)CC)CC[SiH2]OC(C)(C)C. The Morgan fingerprint density at radius 1 is 0.852 bits per heavy atom. The molecule has 0 saturated heterocycles. The lowest BCUT2D eigenvalue weighted by Crippen LogP contribution is -2.35. The fourth-order valence-corrected chi connectivity index (χ4v) is 4.78. The molecule has 0 spiro atoms. The highest BCUT2D eigenvalue weighted by Gasteiger charge is 2.11. The third-order valence-electron chi connectivity index (χ3n) is 5.16. The molecular formula is C22H51N3OSi. The standard InChI is InChI=1S/C22H51N3OSi/c1-8-15-24(11-4)17-13-18-25(19-20-27-26-22(5,6)7)16-12-14-23-21(9-2)10-3/h21,23H,8-20,27H2,1-7H3. The van der Waals surface area contributed by atoms with E-state index < -0.39 is 9.76 Å². The van der Waals surface area contributed by atoms with Crippen molar-refractivity contribution >= 4 is 9.76 Å². The molecular weight excluding hydrogens is 350 g/mol. The predicted molar refractivity (Wildman–Crippen MR) is 125 cm³/mol. The smallest absolute Gasteiger partial charge is 0.163 e. The van der Waals surface area contributed by atoms with Gasteiger partial charge in [-0.15, -0.1) is 0 Å². The Morgan fingerprint density at radius 2 is 1.48 bits per heavy atom. The number of hydrogen-bond acceptors (Lipinski definition) is 4. The Balaban J connectivity index is 4.22. The fourth-order valence-electron chi connectivity index (χ4n) is 3.45. The third kappa shape index (κ3) is 16.7. The van der Waals surface area contributed by atoms with Crippen molar-refractivity contribution in [3.8, 4) is 0 Å². The Morgan fingerprint density at radius 3 is 2.04 bits per heavy atom. The Hall–Kier alpha value is 0.0569. The minimum Gasteiger partial charge on any atom is -0.419 e. The molecule has 164 valence electrons. The van der Waals surface area contributed by atoms with Gasteiger partial charge in [0.1, 0.15) is 0 Å². The minimum atomic E-state index is -0.404. The van der Waals surface area contributed by atoms with Gasteiger partial charge in [0.05, 0.1) is 0 Å². The highest BCUT2D eigenvalue weighted by Crippen LogP contribution is 2.07. The van der Waals surface area contributed by atoms with Gasteiger partial charge >= 0.3 is 0 Å². The van der Waals surface area contributed by atoms with Gasteiger partial charge < -0.3 is 19.5 Å². The molecule has 0 bridgehead atoms. The molecule has 0 heterocycles. The summed E-state index contributed by atoms with van der Waals surface area (Å²) in [5, 5.41) is 3.71. The van der Waals surface area contributed by atoms with Crippen LogP contribution < -0.4 is 5.32 Å². The molecule has 4 nitrogen and oxygen atoms in total. The van der Waals surface area contributed by atoms with Crippen LogP contribution in [0.2, 0.25) is 6.04 Å². The van der Waals surface area contributed by atoms with E-state index in [1.807, 2.05) is 0 Å². The van der Waals surface area contributed by atoms with Crippen LogP contribution in [0.1, 0.15) is 80.6 Å². The van der Waals surface area contributed by atoms with Crippen molar-refractivity contribution in [3.63, 3.8) is 0 Å². The molecule has 0 aromatic carbocycles. The van der Waals surface area contributed by atoms with E-state index in [0.717, 1.165) is 6.54 Å². The maximum Gasteiger partial charge on any atom is 0.163 e. The van der Waals surface area contributed by atoms with Gasteiger partial charge in [0.2, 0.25) is 0 Å². The molecule has 0 amide bonds. The molecule has 27 heavy (non-hydrogen) atoms. The zero-order valence-electron chi connectivity index (χ0n) is 19.8. The summed E-state index contributed by atoms with van der Waals surface area (Å²) in [7, 11) is -0.404. The van der Waals surface area contributed by atoms with Crippen molar-refractivity contribution in [2.75, 3.05) is 45.8 Å². The highest BCUT2D eigenvalue weighted by atomic mass is 28.2. The Labute approximate surface area is 173 Å². The molecule has 0 fully saturated rings. The zero-order chi connectivity index (χ0) is 20.5. The van der Waals surface area contributed by atoms with Crippen molar-refractivity contribution < 1.29 is 4.43 Å². The van der Waals surface area contributed by atoms with Crippen LogP contribution in [0.15, 0.2) is 0 Å². The van der Waals surface area contributed by atoms with Crippen LogP contribution in [0.5, 0.6) is 0 Å². The average molecular weight is 402 g/mol. The lowest BCUT2D eigenvalue weighted by molar-refractivity contribution is 0.136. The van der Waals surface area contributed by atoms with E-state index in [2.05, 4.69) is 63.6 Å². The summed E-state index contributed by atoms with van der Waals surface area (Å²) in [5.74, 6) is 0. The molecule has 5 heteroatoms. The summed E-state index contributed by atoms with van der Waals surface area (Å²) in [4.78, 5) is 5.28. The third-order valence-corrected chi connectivity index (χ3v) is 6.83. The lowest BCUT2D eigenvalue weighted by atomic mass is 10.2. The van der Waals surface area contributed by atoms with Gasteiger partial charge in [-0.1, -0.05) is 27.7 Å². The summed E-state index contributed by atoms with van der Waals surface area (Å²) in [6, 6.07) is 1.96. The monoisotopic (exact) mass is 401 g/mol. The summed E-state index contributed by atoms with van der Waals surface area (Å²) < 4.78 is 6.05. The van der Waals surface area contributed by atoms with E-state index in [4.69, 9.17) is 4.43 Å². The maximum absolute atomic E-state index is 6.05. The molecule has 0 saturated carbocycles. The van der Waals surface area contributed by atoms with Gasteiger partial charge in [-0.2, -0.15) is 0 Å². The molecule has 0 aromatic heterocycles. The van der Waals surface area contributed by atoms with Crippen LogP contribution in [0, 0.1) is 0 Å². The molecule has 1 N–H and O–H groups in total. The molecule has 0 aliphatic heterocycles. The van der Waals surface area contributed by atoms with Crippen molar-refractivity contribution in [2.24, 2.45) is 0 Å². The van der Waals surface area contributed by atoms with Crippen LogP contribution in [-0.2, 0) is 4.43 Å². The quantitative estimate of drug-likeness (QED) is 0.278. The molecule has 0 unspecified atom stereocenters. The second-order valence-corrected chi connectivity index (χ2v) is 10.2. The Bertz CT molecular complexity index is 319. The number of hydrogen-bond donors (Lipinski definition) is 1. The van der Waals surface area contributed by atoms with Gasteiger partial charge in [-0.3, -0.25) is 0 Å². The topological polar surface area (TPSA) is 27.7 Å². The van der Waals surface area contributed by atoms with Crippen LogP contribution in [-0.4, -0.2) is 77.0 Å². The molecule has 0 rings (SSSR count). The predicted octanol–water partition coefficient (Wildman–Crippen LogP) is 3.90. The summed E-state index contributed by atoms with van der Waals surface area (Å²) in [6.45, 7) is 24.1. The van der Waals surface area contributed by atoms with Crippen molar-refractivity contribution in [3.05, 3.63) is 0 Å². The van der Waals surface area contributed by atoms with E-state index in [9.17, 15) is 0 Å². The molecule has 0 atom stereocenters. The summed E-state index contributed by atoms with van der Waals surface area (Å²) >= 11 is 0. The van der Waals surface area contributed by atoms with Crippen LogP contribution in [0.4, 0.5) is 0 Å². The summed E-state index contributed by atoms with van der Waals surface area (Å²) in [5.41, 5.74) is 0.0398. The number of rotatable bonds is 18. The van der Waals surface area contributed by atoms with Crippen molar-refractivity contribution in [1.82, 2.24) is 15.1 Å². The average Bonchev–Trinajstić information content (AvgIpc) is 2.63. The molecule has 0 aliphatic rings. The largest absolute Gasteiger partial charge is 0.419 e. The van der Waals surface area contributed by atoms with E-state index in [0.29, 0.717) is 6.04 Å². The summed E-state index contributed by atoms with van der Waals surface area (Å²) in [6.07, 6.45) is 6.27. The Kier molecular flexibility index (Phi) is 17.0. The van der Waals surface area contributed by atoms with Crippen molar-refractivity contribution in [2.45, 2.75) is 98.3 Å². The number of nitrogens with one attached hydrogen (secondary N) is 1. The maximum atomic E-state index is 6.05. The van der Waals surface area contributed by atoms with Crippen LogP contribution in [0.25, 0.3) is 0 Å². The first-order valence-corrected chi connectivity index (χ1v) is 13.3. The van der Waals surface area contributed by atoms with Gasteiger partial charge in [-0.25, -0.2) is 0 Å². The van der Waals surface area contributed by atoms with Crippen molar-refractivity contribution in [1.29, 1.82) is 0 Å². The van der Waals surface area contributed by atoms with Gasteiger partial charge in [0.25, 0.3) is 0 Å². The highest BCUT2D eigenvalue weighted by molar-refractivity contribution is 6.27. The fraction of sp³-hybridized carbons (Fsp3) is 1.00. The first kappa shape index (κ1) is 27.1. The van der Waals surface area contributed by atoms with Gasteiger partial charge in [0, 0.05) is 11.6 Å². The second-order valence-electron chi connectivity index (χ2n) is 8.76. The first-order chi connectivity index (χ1) is 12.9. The molecule has 0 aromatic rings. The van der Waals surface area contributed by atoms with Crippen LogP contribution in [0.3, 0.4) is 0 Å². The van der Waals surface area contributed by atoms with E-state index in [-0.39, 0.29) is 5.60 Å². The van der Waals surface area contributed by atoms with E-state index >= 15 is 0 Å². The van der Waals surface area contributed by atoms with Gasteiger partial charge in [-0.05, 0) is 105 Å².